The molecule has 2 aromatic heterocycles. The molecule has 3 aromatic rings. The number of thiophene rings is 1. The van der Waals surface area contributed by atoms with Gasteiger partial charge in [0.15, 0.2) is 5.16 Å². The maximum Gasteiger partial charge on any atom is 0.313 e. The lowest BCUT2D eigenvalue weighted by molar-refractivity contribution is -0.133. The van der Waals surface area contributed by atoms with Gasteiger partial charge >= 0.3 is 5.97 Å². The van der Waals surface area contributed by atoms with Crippen LogP contribution >= 0.6 is 34.7 Å². The Morgan fingerprint density at radius 1 is 1.45 bits per heavy atom. The number of hydrogen-bond donors (Lipinski definition) is 1. The number of fused-ring (bicyclic) bond motifs is 1. The van der Waals surface area contributed by atoms with Crippen molar-refractivity contribution in [3.63, 3.8) is 0 Å². The average molecular weight is 325 g/mol. The van der Waals surface area contributed by atoms with Gasteiger partial charge in [0.2, 0.25) is 0 Å². The highest BCUT2D eigenvalue weighted by atomic mass is 35.5. The van der Waals surface area contributed by atoms with Crippen molar-refractivity contribution in [2.24, 2.45) is 0 Å². The summed E-state index contributed by atoms with van der Waals surface area (Å²) < 4.78 is 1.95. The summed E-state index contributed by atoms with van der Waals surface area (Å²) in [5.41, 5.74) is 2.66. The van der Waals surface area contributed by atoms with Crippen LogP contribution in [0.1, 0.15) is 0 Å². The van der Waals surface area contributed by atoms with Crippen molar-refractivity contribution in [3.8, 4) is 5.69 Å². The number of thioether (sulfide) groups is 1. The van der Waals surface area contributed by atoms with Crippen LogP contribution in [0.25, 0.3) is 16.7 Å². The van der Waals surface area contributed by atoms with Gasteiger partial charge in [0.1, 0.15) is 0 Å². The summed E-state index contributed by atoms with van der Waals surface area (Å²) in [6, 6.07) is 7.46. The summed E-state index contributed by atoms with van der Waals surface area (Å²) in [5, 5.41) is 14.1. The van der Waals surface area contributed by atoms with Crippen LogP contribution in [0.15, 0.2) is 40.2 Å². The molecule has 0 spiro atoms. The number of carbonyl (C=O) groups is 1. The highest BCUT2D eigenvalue weighted by molar-refractivity contribution is 7.99. The molecule has 0 saturated heterocycles. The van der Waals surface area contributed by atoms with E-state index in [1.54, 1.807) is 23.5 Å². The molecule has 0 atom stereocenters. The van der Waals surface area contributed by atoms with Gasteiger partial charge in [0.05, 0.1) is 22.5 Å². The molecule has 7 heteroatoms. The average Bonchev–Trinajstić information content (AvgIpc) is 3.01. The molecule has 1 aromatic carbocycles. The SMILES string of the molecule is O=C(O)CSc1nc2cc(Cl)ccc2n1-c1ccsc1. The third-order valence-electron chi connectivity index (χ3n) is 2.67. The van der Waals surface area contributed by atoms with Crippen LogP contribution in [0.3, 0.4) is 0 Å². The first-order chi connectivity index (χ1) is 9.65. The van der Waals surface area contributed by atoms with Gasteiger partial charge < -0.3 is 5.11 Å². The van der Waals surface area contributed by atoms with Crippen molar-refractivity contribution in [2.45, 2.75) is 5.16 Å². The highest BCUT2D eigenvalue weighted by Crippen LogP contribution is 2.30. The second-order valence-electron chi connectivity index (χ2n) is 4.03. The minimum Gasteiger partial charge on any atom is -0.481 e. The molecular formula is C13H9ClN2O2S2. The van der Waals surface area contributed by atoms with Gasteiger partial charge in [0, 0.05) is 10.4 Å². The molecule has 3 rings (SSSR count). The van der Waals surface area contributed by atoms with Crippen molar-refractivity contribution in [3.05, 3.63) is 40.0 Å². The van der Waals surface area contributed by atoms with E-state index in [1.807, 2.05) is 27.5 Å². The summed E-state index contributed by atoms with van der Waals surface area (Å²) in [7, 11) is 0. The standard InChI is InChI=1S/C13H9ClN2O2S2/c14-8-1-2-11-10(5-8)15-13(20-7-12(17)18)16(11)9-3-4-19-6-9/h1-6H,7H2,(H,17,18). The number of rotatable bonds is 4. The summed E-state index contributed by atoms with van der Waals surface area (Å²) in [5.74, 6) is -0.891. The number of aliphatic carboxylic acids is 1. The van der Waals surface area contributed by atoms with Gasteiger partial charge in [-0.05, 0) is 29.6 Å². The number of aromatic nitrogens is 2. The van der Waals surface area contributed by atoms with E-state index in [1.165, 1.54) is 11.8 Å². The van der Waals surface area contributed by atoms with Crippen LogP contribution in [0.2, 0.25) is 5.02 Å². The summed E-state index contributed by atoms with van der Waals surface area (Å²) in [6.45, 7) is 0. The second kappa shape index (κ2) is 5.47. The monoisotopic (exact) mass is 324 g/mol. The molecule has 2 heterocycles. The Labute approximate surface area is 128 Å². The molecule has 0 saturated carbocycles. The Bertz CT molecular complexity index is 768. The van der Waals surface area contributed by atoms with Crippen LogP contribution in [0, 0.1) is 0 Å². The molecule has 0 aliphatic rings. The van der Waals surface area contributed by atoms with Crippen LogP contribution in [0.5, 0.6) is 0 Å². The Morgan fingerprint density at radius 3 is 3.00 bits per heavy atom. The Morgan fingerprint density at radius 2 is 2.30 bits per heavy atom. The Kier molecular flexibility index (Phi) is 3.69. The molecule has 0 fully saturated rings. The smallest absolute Gasteiger partial charge is 0.313 e. The normalized spacial score (nSPS) is 11.1. The zero-order valence-electron chi connectivity index (χ0n) is 10.1. The Hall–Kier alpha value is -1.50. The molecule has 20 heavy (non-hydrogen) atoms. The van der Waals surface area contributed by atoms with Gasteiger partial charge in [-0.3, -0.25) is 9.36 Å². The summed E-state index contributed by atoms with van der Waals surface area (Å²) in [4.78, 5) is 15.2. The first kappa shape index (κ1) is 13.5. The van der Waals surface area contributed by atoms with E-state index < -0.39 is 5.97 Å². The molecule has 4 nitrogen and oxygen atoms in total. The maximum atomic E-state index is 10.8. The predicted molar refractivity (Wildman–Crippen MR) is 82.3 cm³/mol. The van der Waals surface area contributed by atoms with Crippen molar-refractivity contribution < 1.29 is 9.90 Å². The van der Waals surface area contributed by atoms with Crippen LogP contribution in [-0.2, 0) is 4.79 Å². The third kappa shape index (κ3) is 2.54. The first-order valence-electron chi connectivity index (χ1n) is 5.70. The van der Waals surface area contributed by atoms with Crippen LogP contribution in [-0.4, -0.2) is 26.4 Å². The van der Waals surface area contributed by atoms with Gasteiger partial charge in [-0.25, -0.2) is 4.98 Å². The van der Waals surface area contributed by atoms with Crippen LogP contribution in [0.4, 0.5) is 0 Å². The van der Waals surface area contributed by atoms with Gasteiger partial charge in [-0.2, -0.15) is 11.3 Å². The molecule has 0 amide bonds. The lowest BCUT2D eigenvalue weighted by Gasteiger charge is -2.05. The van der Waals surface area contributed by atoms with Gasteiger partial charge in [-0.15, -0.1) is 0 Å². The molecule has 0 radical (unpaired) electrons. The topological polar surface area (TPSA) is 55.1 Å². The van der Waals surface area contributed by atoms with E-state index in [0.29, 0.717) is 10.2 Å². The summed E-state index contributed by atoms with van der Waals surface area (Å²) >= 11 is 8.77. The van der Waals surface area contributed by atoms with E-state index in [4.69, 9.17) is 16.7 Å². The zero-order chi connectivity index (χ0) is 14.1. The fourth-order valence-corrected chi connectivity index (χ4v) is 3.42. The van der Waals surface area contributed by atoms with Crippen molar-refractivity contribution in [1.82, 2.24) is 9.55 Å². The number of nitrogens with zero attached hydrogens (tertiary/aromatic N) is 2. The van der Waals surface area contributed by atoms with E-state index in [-0.39, 0.29) is 5.75 Å². The number of halogens is 1. The molecule has 0 aliphatic heterocycles. The van der Waals surface area contributed by atoms with E-state index in [9.17, 15) is 4.79 Å². The number of hydrogen-bond acceptors (Lipinski definition) is 4. The third-order valence-corrected chi connectivity index (χ3v) is 4.50. The fourth-order valence-electron chi connectivity index (χ4n) is 1.89. The molecular weight excluding hydrogens is 316 g/mol. The van der Waals surface area contributed by atoms with Gasteiger partial charge in [-0.1, -0.05) is 23.4 Å². The molecule has 102 valence electrons. The van der Waals surface area contributed by atoms with Crippen molar-refractivity contribution >= 4 is 51.7 Å². The molecule has 0 bridgehead atoms. The first-order valence-corrected chi connectivity index (χ1v) is 8.01. The number of carboxylic acids is 1. The number of benzene rings is 1. The largest absolute Gasteiger partial charge is 0.481 e. The number of carboxylic acid groups (broad SMARTS) is 1. The van der Waals surface area contributed by atoms with Crippen molar-refractivity contribution in [1.29, 1.82) is 0 Å². The van der Waals surface area contributed by atoms with E-state index >= 15 is 0 Å². The zero-order valence-corrected chi connectivity index (χ0v) is 12.5. The quantitative estimate of drug-likeness (QED) is 0.739. The van der Waals surface area contributed by atoms with Gasteiger partial charge in [0.25, 0.3) is 0 Å². The number of imidazole rings is 1. The van der Waals surface area contributed by atoms with E-state index in [0.717, 1.165) is 16.7 Å². The Balaban J connectivity index is 2.16. The summed E-state index contributed by atoms with van der Waals surface area (Å²) in [6.07, 6.45) is 0. The maximum absolute atomic E-state index is 10.8. The van der Waals surface area contributed by atoms with Crippen LogP contribution < -0.4 is 0 Å². The van der Waals surface area contributed by atoms with E-state index in [2.05, 4.69) is 4.98 Å². The fraction of sp³-hybridized carbons (Fsp3) is 0.0769. The lowest BCUT2D eigenvalue weighted by Crippen LogP contribution is -2.01. The molecule has 0 aliphatic carbocycles. The lowest BCUT2D eigenvalue weighted by atomic mass is 10.3. The molecule has 0 unspecified atom stereocenters. The minimum absolute atomic E-state index is 0.0266. The predicted octanol–water partition coefficient (Wildman–Crippen LogP) is 3.92. The molecule has 1 N–H and O–H groups in total. The highest BCUT2D eigenvalue weighted by Gasteiger charge is 2.14. The second-order valence-corrected chi connectivity index (χ2v) is 6.19. The minimum atomic E-state index is -0.864. The van der Waals surface area contributed by atoms with Crippen molar-refractivity contribution in [2.75, 3.05) is 5.75 Å².